The highest BCUT2D eigenvalue weighted by molar-refractivity contribution is 9.29. The molecule has 0 fully saturated rings. The average molecular weight is 467 g/mol. The molecule has 0 aromatic heterocycles. The maximum Gasteiger partial charge on any atom is 0.0283 e. The minimum atomic E-state index is -0.450. The third kappa shape index (κ3) is 5.91. The van der Waals surface area contributed by atoms with Gasteiger partial charge in [-0.25, -0.2) is 0 Å². The first-order valence-electron chi connectivity index (χ1n) is 9.24. The highest BCUT2D eigenvalue weighted by Crippen LogP contribution is 2.65. The Labute approximate surface area is 186 Å². The Morgan fingerprint density at radius 2 is 0.586 bits per heavy atom. The molecule has 4 rings (SSSR count). The van der Waals surface area contributed by atoms with Crippen LogP contribution in [0.15, 0.2) is 121 Å². The van der Waals surface area contributed by atoms with Crippen molar-refractivity contribution in [1.82, 2.24) is 0 Å². The standard InChI is InChI=1S/C24H20P2S3/c1-5-13-21(14-6-1)25(22-15-7-2-8-16-22)27-29-28-26(23-17-9-3-10-18-23)24-19-11-4-12-20-24/h1-20H. The molecule has 0 saturated carbocycles. The molecule has 0 saturated heterocycles. The summed E-state index contributed by atoms with van der Waals surface area (Å²) in [4.78, 5) is 0. The molecule has 144 valence electrons. The van der Waals surface area contributed by atoms with Crippen LogP contribution in [0.4, 0.5) is 0 Å². The van der Waals surface area contributed by atoms with Gasteiger partial charge in [0.05, 0.1) is 0 Å². The quantitative estimate of drug-likeness (QED) is 0.201. The Morgan fingerprint density at radius 3 is 0.828 bits per heavy atom. The maximum absolute atomic E-state index is 2.26. The zero-order valence-corrected chi connectivity index (χ0v) is 19.9. The van der Waals surface area contributed by atoms with E-state index in [0.29, 0.717) is 0 Å². The predicted molar refractivity (Wildman–Crippen MR) is 141 cm³/mol. The SMILES string of the molecule is c1ccc(P(SSSP(c2ccccc2)c2ccccc2)c2ccccc2)cc1. The van der Waals surface area contributed by atoms with E-state index in [1.54, 1.807) is 0 Å². The van der Waals surface area contributed by atoms with E-state index < -0.39 is 14.2 Å². The number of hydrogen-bond acceptors (Lipinski definition) is 3. The summed E-state index contributed by atoms with van der Waals surface area (Å²) in [6.45, 7) is 0. The number of rotatable bonds is 8. The molecule has 0 radical (unpaired) electrons. The molecular weight excluding hydrogens is 446 g/mol. The van der Waals surface area contributed by atoms with Crippen molar-refractivity contribution in [3.63, 3.8) is 0 Å². The van der Waals surface area contributed by atoms with Crippen molar-refractivity contribution in [3.8, 4) is 0 Å². The van der Waals surface area contributed by atoms with Gasteiger partial charge in [-0.3, -0.25) is 0 Å². The van der Waals surface area contributed by atoms with Gasteiger partial charge < -0.3 is 0 Å². The van der Waals surface area contributed by atoms with Gasteiger partial charge in [0, 0.05) is 14.2 Å². The summed E-state index contributed by atoms with van der Waals surface area (Å²) in [5.74, 6) is 0. The van der Waals surface area contributed by atoms with Crippen LogP contribution < -0.4 is 21.2 Å². The van der Waals surface area contributed by atoms with Crippen LogP contribution in [0.2, 0.25) is 0 Å². The Balaban J connectivity index is 1.53. The van der Waals surface area contributed by atoms with Crippen molar-refractivity contribution in [2.24, 2.45) is 0 Å². The van der Waals surface area contributed by atoms with Crippen molar-refractivity contribution >= 4 is 66.1 Å². The Kier molecular flexibility index (Phi) is 8.16. The molecule has 29 heavy (non-hydrogen) atoms. The van der Waals surface area contributed by atoms with Crippen molar-refractivity contribution in [3.05, 3.63) is 121 Å². The summed E-state index contributed by atoms with van der Waals surface area (Å²) in [7, 11) is 5.05. The summed E-state index contributed by atoms with van der Waals surface area (Å²) in [6.07, 6.45) is 0. The van der Waals surface area contributed by atoms with E-state index >= 15 is 0 Å². The Morgan fingerprint density at radius 1 is 0.345 bits per heavy atom. The summed E-state index contributed by atoms with van der Waals surface area (Å²) in [6, 6.07) is 43.6. The molecule has 0 unspecified atom stereocenters. The largest absolute Gasteiger partial charge is 0.0622 e. The third-order valence-corrected chi connectivity index (χ3v) is 18.5. The second kappa shape index (κ2) is 11.3. The zero-order chi connectivity index (χ0) is 19.7. The van der Waals surface area contributed by atoms with Gasteiger partial charge in [-0.15, -0.1) is 0 Å². The fourth-order valence-electron chi connectivity index (χ4n) is 2.80. The monoisotopic (exact) mass is 466 g/mol. The van der Waals surface area contributed by atoms with E-state index in [0.717, 1.165) is 0 Å². The molecule has 0 spiro atoms. The number of benzene rings is 4. The first kappa shape index (κ1) is 21.0. The normalized spacial score (nSPS) is 11.1. The lowest BCUT2D eigenvalue weighted by Crippen LogP contribution is -2.08. The lowest BCUT2D eigenvalue weighted by atomic mass is 10.4. The summed E-state index contributed by atoms with van der Waals surface area (Å²) < 4.78 is 0. The highest BCUT2D eigenvalue weighted by Gasteiger charge is 2.19. The second-order valence-corrected chi connectivity index (χ2v) is 17.2. The molecule has 0 N–H and O–H groups in total. The summed E-state index contributed by atoms with van der Waals surface area (Å²) in [5, 5.41) is 5.65. The van der Waals surface area contributed by atoms with Crippen molar-refractivity contribution < 1.29 is 0 Å². The van der Waals surface area contributed by atoms with Crippen LogP contribution >= 0.6 is 44.9 Å². The fourth-order valence-corrected chi connectivity index (χ4v) is 19.3. The first-order valence-corrected chi connectivity index (χ1v) is 16.6. The minimum absolute atomic E-state index is 0.450. The average Bonchev–Trinajstić information content (AvgIpc) is 2.81. The van der Waals surface area contributed by atoms with E-state index in [9.17, 15) is 0 Å². The fraction of sp³-hybridized carbons (Fsp3) is 0. The van der Waals surface area contributed by atoms with Gasteiger partial charge in [-0.2, -0.15) is 0 Å². The van der Waals surface area contributed by atoms with E-state index in [2.05, 4.69) is 121 Å². The van der Waals surface area contributed by atoms with Crippen LogP contribution in [0.5, 0.6) is 0 Å². The molecule has 0 aliphatic rings. The molecule has 5 heteroatoms. The Hall–Kier alpha value is -1.21. The first-order chi connectivity index (χ1) is 14.4. The van der Waals surface area contributed by atoms with Gasteiger partial charge in [0.15, 0.2) is 0 Å². The molecule has 0 aliphatic carbocycles. The van der Waals surface area contributed by atoms with E-state index in [4.69, 9.17) is 0 Å². The molecule has 0 aliphatic heterocycles. The van der Waals surface area contributed by atoms with Crippen molar-refractivity contribution in [2.45, 2.75) is 0 Å². The van der Waals surface area contributed by atoms with Crippen LogP contribution in [0.1, 0.15) is 0 Å². The molecular formula is C24H20P2S3. The van der Waals surface area contributed by atoms with Gasteiger partial charge in [0.2, 0.25) is 0 Å². The molecule has 0 atom stereocenters. The topological polar surface area (TPSA) is 0 Å². The van der Waals surface area contributed by atoms with E-state index in [-0.39, 0.29) is 0 Å². The molecule has 0 amide bonds. The lowest BCUT2D eigenvalue weighted by molar-refractivity contribution is 1.76. The minimum Gasteiger partial charge on any atom is -0.0622 e. The van der Waals surface area contributed by atoms with Gasteiger partial charge in [0.1, 0.15) is 0 Å². The maximum atomic E-state index is 2.26. The molecule has 0 heterocycles. The Bertz CT molecular complexity index is 822. The highest BCUT2D eigenvalue weighted by atomic mass is 33.7. The van der Waals surface area contributed by atoms with Crippen LogP contribution in [-0.4, -0.2) is 0 Å². The molecule has 0 bridgehead atoms. The van der Waals surface area contributed by atoms with Crippen molar-refractivity contribution in [1.29, 1.82) is 0 Å². The lowest BCUT2D eigenvalue weighted by Gasteiger charge is -2.20. The van der Waals surface area contributed by atoms with E-state index in [1.807, 2.05) is 30.7 Å². The van der Waals surface area contributed by atoms with Gasteiger partial charge in [-0.05, 0) is 51.9 Å². The third-order valence-electron chi connectivity index (χ3n) is 4.17. The second-order valence-electron chi connectivity index (χ2n) is 6.15. The molecule has 4 aromatic rings. The predicted octanol–water partition coefficient (Wildman–Crippen LogP) is 7.11. The summed E-state index contributed by atoms with van der Waals surface area (Å²) >= 11 is 0. The van der Waals surface area contributed by atoms with Crippen molar-refractivity contribution in [2.75, 3.05) is 0 Å². The van der Waals surface area contributed by atoms with Gasteiger partial charge in [0.25, 0.3) is 0 Å². The van der Waals surface area contributed by atoms with Gasteiger partial charge in [-0.1, -0.05) is 121 Å². The molecule has 0 nitrogen and oxygen atoms in total. The molecule has 4 aromatic carbocycles. The zero-order valence-electron chi connectivity index (χ0n) is 15.7. The van der Waals surface area contributed by atoms with Gasteiger partial charge >= 0.3 is 0 Å². The van der Waals surface area contributed by atoms with E-state index in [1.165, 1.54) is 21.2 Å². The summed E-state index contributed by atoms with van der Waals surface area (Å²) in [5.41, 5.74) is 0. The van der Waals surface area contributed by atoms with Crippen LogP contribution in [-0.2, 0) is 0 Å². The van der Waals surface area contributed by atoms with Crippen LogP contribution in [0.25, 0.3) is 0 Å². The van der Waals surface area contributed by atoms with Crippen LogP contribution in [0.3, 0.4) is 0 Å². The van der Waals surface area contributed by atoms with Crippen LogP contribution in [0, 0.1) is 0 Å². The smallest absolute Gasteiger partial charge is 0.0283 e. The number of hydrogen-bond donors (Lipinski definition) is 0.